The molecule has 2 amide bonds. The summed E-state index contributed by atoms with van der Waals surface area (Å²) >= 11 is 0. The van der Waals surface area contributed by atoms with Gasteiger partial charge >= 0.3 is 0 Å². The Hall–Kier alpha value is -4.20. The third kappa shape index (κ3) is 4.35. The zero-order valence-corrected chi connectivity index (χ0v) is 20.3. The Morgan fingerprint density at radius 1 is 0.800 bits per heavy atom. The van der Waals surface area contributed by atoms with Crippen molar-refractivity contribution in [2.75, 3.05) is 40.8 Å². The van der Waals surface area contributed by atoms with Gasteiger partial charge in [-0.05, 0) is 41.5 Å². The standard InChI is InChI=1S/C27H28N2O6/c1-29-25(16-10-12-20(32-2)22(14-16)34-4)24(18-8-6-7-9-19(18)27(29)31)26(30)28-17-11-13-21(33-3)23(15-17)35-5/h6-15,24-25H,1-5H3,(H,28,30)/t24-,25-/m1/s1. The van der Waals surface area contributed by atoms with Crippen LogP contribution in [0.2, 0.25) is 0 Å². The smallest absolute Gasteiger partial charge is 0.254 e. The Balaban J connectivity index is 1.80. The highest BCUT2D eigenvalue weighted by atomic mass is 16.5. The van der Waals surface area contributed by atoms with Gasteiger partial charge in [0.25, 0.3) is 5.91 Å². The fraction of sp³-hybridized carbons (Fsp3) is 0.259. The molecule has 0 radical (unpaired) electrons. The van der Waals surface area contributed by atoms with Crippen molar-refractivity contribution in [2.45, 2.75) is 12.0 Å². The Morgan fingerprint density at radius 2 is 1.40 bits per heavy atom. The van der Waals surface area contributed by atoms with Crippen molar-refractivity contribution in [3.05, 3.63) is 77.4 Å². The van der Waals surface area contributed by atoms with Crippen LogP contribution in [0.25, 0.3) is 0 Å². The molecule has 0 aliphatic carbocycles. The lowest BCUT2D eigenvalue weighted by Gasteiger charge is -2.40. The predicted octanol–water partition coefficient (Wildman–Crippen LogP) is 4.27. The van der Waals surface area contributed by atoms with Crippen LogP contribution in [0, 0.1) is 0 Å². The highest BCUT2D eigenvalue weighted by Gasteiger charge is 2.43. The highest BCUT2D eigenvalue weighted by Crippen LogP contribution is 2.44. The van der Waals surface area contributed by atoms with Crippen molar-refractivity contribution in [3.8, 4) is 23.0 Å². The molecule has 0 saturated carbocycles. The summed E-state index contributed by atoms with van der Waals surface area (Å²) < 4.78 is 21.5. The number of amides is 2. The third-order valence-corrected chi connectivity index (χ3v) is 6.26. The molecule has 1 aliphatic rings. The minimum absolute atomic E-state index is 0.157. The van der Waals surface area contributed by atoms with Gasteiger partial charge in [-0.1, -0.05) is 24.3 Å². The summed E-state index contributed by atoms with van der Waals surface area (Å²) in [6, 6.07) is 17.2. The van der Waals surface area contributed by atoms with Crippen molar-refractivity contribution >= 4 is 17.5 Å². The van der Waals surface area contributed by atoms with E-state index in [4.69, 9.17) is 18.9 Å². The first-order valence-electron chi connectivity index (χ1n) is 11.0. The van der Waals surface area contributed by atoms with Crippen molar-refractivity contribution in [1.29, 1.82) is 0 Å². The van der Waals surface area contributed by atoms with E-state index >= 15 is 0 Å². The first-order chi connectivity index (χ1) is 16.9. The molecule has 0 aromatic heterocycles. The van der Waals surface area contributed by atoms with Crippen LogP contribution in [0.4, 0.5) is 5.69 Å². The average Bonchev–Trinajstić information content (AvgIpc) is 2.89. The van der Waals surface area contributed by atoms with E-state index in [1.54, 1.807) is 75.7 Å². The number of hydrogen-bond acceptors (Lipinski definition) is 6. The van der Waals surface area contributed by atoms with Crippen LogP contribution in [-0.4, -0.2) is 52.2 Å². The second kappa shape index (κ2) is 9.97. The molecule has 3 aromatic rings. The molecule has 8 nitrogen and oxygen atoms in total. The number of methoxy groups -OCH3 is 4. The first kappa shape index (κ1) is 23.9. The van der Waals surface area contributed by atoms with Crippen LogP contribution in [0.5, 0.6) is 23.0 Å². The lowest BCUT2D eigenvalue weighted by Crippen LogP contribution is -2.44. The molecule has 1 heterocycles. The molecule has 35 heavy (non-hydrogen) atoms. The number of likely N-dealkylation sites (N-methyl/N-ethyl adjacent to an activating group) is 1. The SMILES string of the molecule is COc1ccc(NC(=O)[C@@H]2c3ccccc3C(=O)N(C)[C@@H]2c2ccc(OC)c(OC)c2)cc1OC. The molecule has 0 unspecified atom stereocenters. The van der Waals surface area contributed by atoms with E-state index in [-0.39, 0.29) is 11.8 Å². The van der Waals surface area contributed by atoms with Gasteiger partial charge in [0, 0.05) is 24.4 Å². The van der Waals surface area contributed by atoms with Gasteiger partial charge in [-0.3, -0.25) is 9.59 Å². The number of anilines is 1. The van der Waals surface area contributed by atoms with Crippen LogP contribution < -0.4 is 24.3 Å². The van der Waals surface area contributed by atoms with Crippen molar-refractivity contribution in [2.24, 2.45) is 0 Å². The Labute approximate surface area is 204 Å². The zero-order chi connectivity index (χ0) is 25.1. The van der Waals surface area contributed by atoms with Crippen LogP contribution in [0.3, 0.4) is 0 Å². The van der Waals surface area contributed by atoms with Gasteiger partial charge in [0.05, 0.1) is 40.4 Å². The molecule has 182 valence electrons. The lowest BCUT2D eigenvalue weighted by molar-refractivity contribution is -0.119. The molecule has 0 saturated heterocycles. The summed E-state index contributed by atoms with van der Waals surface area (Å²) in [5, 5.41) is 3.00. The monoisotopic (exact) mass is 476 g/mol. The van der Waals surface area contributed by atoms with Gasteiger partial charge in [-0.15, -0.1) is 0 Å². The van der Waals surface area contributed by atoms with Gasteiger partial charge in [0.2, 0.25) is 5.91 Å². The number of nitrogens with zero attached hydrogens (tertiary/aromatic N) is 1. The molecule has 8 heteroatoms. The average molecular weight is 477 g/mol. The van der Waals surface area contributed by atoms with Crippen LogP contribution in [0.1, 0.15) is 33.4 Å². The maximum Gasteiger partial charge on any atom is 0.254 e. The number of benzene rings is 3. The minimum atomic E-state index is -0.680. The van der Waals surface area contributed by atoms with E-state index in [1.165, 1.54) is 7.11 Å². The van der Waals surface area contributed by atoms with Gasteiger partial charge in [0.15, 0.2) is 23.0 Å². The molecular weight excluding hydrogens is 448 g/mol. The zero-order valence-electron chi connectivity index (χ0n) is 20.3. The van der Waals surface area contributed by atoms with E-state index in [2.05, 4.69) is 5.32 Å². The molecule has 0 fully saturated rings. The van der Waals surface area contributed by atoms with Crippen LogP contribution >= 0.6 is 0 Å². The molecule has 1 aliphatic heterocycles. The quantitative estimate of drug-likeness (QED) is 0.548. The number of rotatable bonds is 7. The van der Waals surface area contributed by atoms with E-state index in [0.717, 1.165) is 5.56 Å². The van der Waals surface area contributed by atoms with Gasteiger partial charge in [-0.2, -0.15) is 0 Å². The van der Waals surface area contributed by atoms with E-state index in [9.17, 15) is 9.59 Å². The predicted molar refractivity (Wildman–Crippen MR) is 132 cm³/mol. The number of nitrogens with one attached hydrogen (secondary N) is 1. The van der Waals surface area contributed by atoms with E-state index in [1.807, 2.05) is 18.2 Å². The molecule has 1 N–H and O–H groups in total. The Kier molecular flexibility index (Phi) is 6.82. The van der Waals surface area contributed by atoms with Gasteiger partial charge in [0.1, 0.15) is 0 Å². The summed E-state index contributed by atoms with van der Waals surface area (Å²) in [6.45, 7) is 0. The Morgan fingerprint density at radius 3 is 2.06 bits per heavy atom. The summed E-state index contributed by atoms with van der Waals surface area (Å²) in [5.41, 5.74) is 2.46. The number of fused-ring (bicyclic) bond motifs is 1. The summed E-state index contributed by atoms with van der Waals surface area (Å²) in [6.07, 6.45) is 0. The minimum Gasteiger partial charge on any atom is -0.493 e. The fourth-order valence-corrected chi connectivity index (χ4v) is 4.54. The largest absolute Gasteiger partial charge is 0.493 e. The highest BCUT2D eigenvalue weighted by molar-refractivity contribution is 6.04. The summed E-state index contributed by atoms with van der Waals surface area (Å²) in [5.74, 6) is 1.04. The van der Waals surface area contributed by atoms with Crippen molar-refractivity contribution in [1.82, 2.24) is 4.90 Å². The normalized spacial score (nSPS) is 16.8. The van der Waals surface area contributed by atoms with E-state index < -0.39 is 12.0 Å². The second-order valence-electron chi connectivity index (χ2n) is 8.10. The van der Waals surface area contributed by atoms with Crippen molar-refractivity contribution < 1.29 is 28.5 Å². The fourth-order valence-electron chi connectivity index (χ4n) is 4.54. The molecule has 3 aromatic carbocycles. The second-order valence-corrected chi connectivity index (χ2v) is 8.10. The molecular formula is C27H28N2O6. The first-order valence-corrected chi connectivity index (χ1v) is 11.0. The van der Waals surface area contributed by atoms with Crippen LogP contribution in [-0.2, 0) is 4.79 Å². The number of carbonyl (C=O) groups is 2. The van der Waals surface area contributed by atoms with Gasteiger partial charge in [-0.25, -0.2) is 0 Å². The molecule has 0 spiro atoms. The molecule has 4 rings (SSSR count). The topological polar surface area (TPSA) is 86.3 Å². The van der Waals surface area contributed by atoms with Gasteiger partial charge < -0.3 is 29.2 Å². The van der Waals surface area contributed by atoms with Crippen LogP contribution in [0.15, 0.2) is 60.7 Å². The summed E-state index contributed by atoms with van der Waals surface area (Å²) in [4.78, 5) is 28.7. The third-order valence-electron chi connectivity index (χ3n) is 6.26. The maximum atomic E-state index is 13.8. The maximum absolute atomic E-state index is 13.8. The van der Waals surface area contributed by atoms with E-state index in [0.29, 0.717) is 39.8 Å². The molecule has 0 bridgehead atoms. The van der Waals surface area contributed by atoms with Crippen molar-refractivity contribution in [3.63, 3.8) is 0 Å². The molecule has 2 atom stereocenters. The number of carbonyl (C=O) groups excluding carboxylic acids is 2. The summed E-state index contributed by atoms with van der Waals surface area (Å²) in [7, 11) is 7.90. The number of hydrogen-bond donors (Lipinski definition) is 1. The lowest BCUT2D eigenvalue weighted by atomic mass is 9.79. The Bertz CT molecular complexity index is 1260. The number of ether oxygens (including phenoxy) is 4.